The highest BCUT2D eigenvalue weighted by atomic mass is 16.8. The van der Waals surface area contributed by atoms with Gasteiger partial charge in [-0.3, -0.25) is 14.2 Å². The molecule has 0 unspecified atom stereocenters. The summed E-state index contributed by atoms with van der Waals surface area (Å²) in [7, 11) is 0. The average Bonchev–Trinajstić information content (AvgIpc) is 3.10. The Bertz CT molecular complexity index is 977. The van der Waals surface area contributed by atoms with E-state index in [9.17, 15) is 14.8 Å². The monoisotopic (exact) mass is 382 g/mol. The van der Waals surface area contributed by atoms with Crippen LogP contribution < -0.4 is 14.4 Å². The number of rotatable bonds is 8. The maximum absolute atomic E-state index is 12.8. The van der Waals surface area contributed by atoms with E-state index in [1.807, 2.05) is 13.8 Å². The summed E-state index contributed by atoms with van der Waals surface area (Å²) in [6, 6.07) is 12.5. The van der Waals surface area contributed by atoms with Crippen molar-refractivity contribution in [2.75, 3.05) is 13.2 Å². The van der Waals surface area contributed by atoms with Crippen LogP contribution in [0.2, 0.25) is 0 Å². The third kappa shape index (κ3) is 3.85. The molecule has 0 N–H and O–H groups in total. The predicted molar refractivity (Wildman–Crippen MR) is 97.6 cm³/mol. The summed E-state index contributed by atoms with van der Waals surface area (Å²) in [5, 5.41) is 15.5. The van der Waals surface area contributed by atoms with Gasteiger partial charge in [-0.15, -0.1) is 0 Å². The Balaban J connectivity index is 1.90. The summed E-state index contributed by atoms with van der Waals surface area (Å²) in [5.41, 5.74) is -0.365. The van der Waals surface area contributed by atoms with E-state index in [2.05, 4.69) is 9.79 Å². The first-order valence-corrected chi connectivity index (χ1v) is 8.70. The molecule has 3 rings (SSSR count). The van der Waals surface area contributed by atoms with E-state index in [-0.39, 0.29) is 21.7 Å². The molecule has 0 spiro atoms. The van der Waals surface area contributed by atoms with Gasteiger partial charge in [0.25, 0.3) is 11.4 Å². The molecule has 0 fully saturated rings. The van der Waals surface area contributed by atoms with Crippen molar-refractivity contribution in [2.24, 2.45) is 0 Å². The van der Waals surface area contributed by atoms with Crippen molar-refractivity contribution >= 4 is 11.6 Å². The zero-order chi connectivity index (χ0) is 20.1. The van der Waals surface area contributed by atoms with Crippen LogP contribution >= 0.6 is 0 Å². The summed E-state index contributed by atoms with van der Waals surface area (Å²) >= 11 is 0. The number of carbonyl (C=O) groups is 2. The summed E-state index contributed by atoms with van der Waals surface area (Å²) in [6.45, 7) is 4.67. The second-order valence-electron chi connectivity index (χ2n) is 5.70. The molecule has 0 aliphatic carbocycles. The first-order chi connectivity index (χ1) is 13.5. The minimum absolute atomic E-state index is 0.0550. The molecule has 0 radical (unpaired) electrons. The van der Waals surface area contributed by atoms with Crippen LogP contribution in [0.5, 0.6) is 11.5 Å². The molecule has 144 valence electrons. The van der Waals surface area contributed by atoms with Crippen LogP contribution in [0.25, 0.3) is 0 Å². The quantitative estimate of drug-likeness (QED) is 0.435. The second kappa shape index (κ2) is 8.34. The Kier molecular flexibility index (Phi) is 5.69. The third-order valence-corrected chi connectivity index (χ3v) is 3.90. The summed E-state index contributed by atoms with van der Waals surface area (Å²) in [4.78, 5) is 25.4. The number of hydrogen-bond acceptors (Lipinski definition) is 7. The van der Waals surface area contributed by atoms with E-state index < -0.39 is 17.3 Å². The van der Waals surface area contributed by atoms with Crippen LogP contribution in [-0.4, -0.2) is 29.9 Å². The normalized spacial score (nSPS) is 10.5. The molecule has 0 saturated carbocycles. The van der Waals surface area contributed by atoms with Crippen molar-refractivity contribution in [3.8, 4) is 11.5 Å². The maximum Gasteiger partial charge on any atom is 0.300 e. The molecular formula is C20H18N2O6. The Labute approximate surface area is 160 Å². The molecule has 1 heterocycles. The van der Waals surface area contributed by atoms with Gasteiger partial charge in [0, 0.05) is 11.1 Å². The van der Waals surface area contributed by atoms with E-state index in [0.717, 1.165) is 0 Å². The maximum atomic E-state index is 12.8. The molecule has 0 bridgehead atoms. The highest BCUT2D eigenvalue weighted by molar-refractivity contribution is 6.16. The molecule has 0 amide bonds. The van der Waals surface area contributed by atoms with Gasteiger partial charge in [-0.25, -0.2) is 0 Å². The van der Waals surface area contributed by atoms with Gasteiger partial charge in [-0.05, 0) is 67.3 Å². The summed E-state index contributed by atoms with van der Waals surface area (Å²) in [6.07, 6.45) is 0. The number of ketones is 2. The van der Waals surface area contributed by atoms with Gasteiger partial charge in [0.1, 0.15) is 11.5 Å². The van der Waals surface area contributed by atoms with Gasteiger partial charge in [0.05, 0.1) is 18.4 Å². The molecule has 2 aromatic carbocycles. The number of benzene rings is 2. The van der Waals surface area contributed by atoms with Crippen LogP contribution in [0.15, 0.2) is 53.2 Å². The Morgan fingerprint density at radius 1 is 0.893 bits per heavy atom. The van der Waals surface area contributed by atoms with E-state index in [1.54, 1.807) is 24.3 Å². The molecule has 1 aromatic heterocycles. The molecule has 0 aliphatic rings. The van der Waals surface area contributed by atoms with Gasteiger partial charge in [0.15, 0.2) is 0 Å². The minimum Gasteiger partial charge on any atom is -0.494 e. The fourth-order valence-corrected chi connectivity index (χ4v) is 2.60. The van der Waals surface area contributed by atoms with Crippen molar-refractivity contribution in [1.82, 2.24) is 5.16 Å². The number of hydrogen-bond donors (Lipinski definition) is 0. The fraction of sp³-hybridized carbons (Fsp3) is 0.200. The Hall–Kier alpha value is -3.68. The highest BCUT2D eigenvalue weighted by Gasteiger charge is 2.33. The van der Waals surface area contributed by atoms with Crippen molar-refractivity contribution in [3.05, 3.63) is 76.3 Å². The Morgan fingerprint density at radius 3 is 1.82 bits per heavy atom. The van der Waals surface area contributed by atoms with Crippen LogP contribution in [0.4, 0.5) is 0 Å². The van der Waals surface area contributed by atoms with Crippen molar-refractivity contribution in [3.63, 3.8) is 0 Å². The molecule has 0 saturated heterocycles. The zero-order valence-corrected chi connectivity index (χ0v) is 15.4. The van der Waals surface area contributed by atoms with Crippen molar-refractivity contribution < 1.29 is 28.6 Å². The number of aromatic nitrogens is 2. The molecule has 0 atom stereocenters. The lowest BCUT2D eigenvalue weighted by molar-refractivity contribution is -0.803. The second-order valence-corrected chi connectivity index (χ2v) is 5.70. The van der Waals surface area contributed by atoms with Crippen molar-refractivity contribution in [2.45, 2.75) is 13.8 Å². The van der Waals surface area contributed by atoms with E-state index in [0.29, 0.717) is 24.7 Å². The third-order valence-electron chi connectivity index (χ3n) is 3.90. The molecule has 3 aromatic rings. The van der Waals surface area contributed by atoms with Crippen LogP contribution in [0.3, 0.4) is 0 Å². The number of ether oxygens (including phenoxy) is 2. The van der Waals surface area contributed by atoms with Gasteiger partial charge >= 0.3 is 0 Å². The SMILES string of the molecule is CCOc1ccc(C(=O)c2no[n+]([O-])c2C(=O)c2ccc(OCC)cc2)cc1. The van der Waals surface area contributed by atoms with Crippen LogP contribution in [-0.2, 0) is 0 Å². The summed E-state index contributed by atoms with van der Waals surface area (Å²) < 4.78 is 15.2. The summed E-state index contributed by atoms with van der Waals surface area (Å²) in [5.74, 6) is -0.0851. The molecule has 8 nitrogen and oxygen atoms in total. The van der Waals surface area contributed by atoms with Crippen LogP contribution in [0, 0.1) is 5.21 Å². The van der Waals surface area contributed by atoms with E-state index in [4.69, 9.17) is 9.47 Å². The van der Waals surface area contributed by atoms with Crippen LogP contribution in [0.1, 0.15) is 46.0 Å². The number of carbonyl (C=O) groups excluding carboxylic acids is 2. The Morgan fingerprint density at radius 2 is 1.36 bits per heavy atom. The standard InChI is InChI=1S/C20H18N2O6/c1-3-26-15-9-5-13(6-10-15)19(23)17-18(22(25)28-21-17)20(24)14-7-11-16(12-8-14)27-4-2/h5-12H,3-4H2,1-2H3. The van der Waals surface area contributed by atoms with Gasteiger partial charge < -0.3 is 14.7 Å². The lowest BCUT2D eigenvalue weighted by Gasteiger charge is -2.04. The minimum atomic E-state index is -0.673. The molecule has 28 heavy (non-hydrogen) atoms. The number of nitrogens with zero attached hydrogens (tertiary/aromatic N) is 2. The largest absolute Gasteiger partial charge is 0.494 e. The molecule has 8 heteroatoms. The van der Waals surface area contributed by atoms with E-state index >= 15 is 0 Å². The highest BCUT2D eigenvalue weighted by Crippen LogP contribution is 2.19. The lowest BCUT2D eigenvalue weighted by atomic mass is 10.0. The molecule has 0 aliphatic heterocycles. The van der Waals surface area contributed by atoms with E-state index in [1.165, 1.54) is 24.3 Å². The van der Waals surface area contributed by atoms with Gasteiger partial charge in [-0.2, -0.15) is 0 Å². The smallest absolute Gasteiger partial charge is 0.300 e. The topological polar surface area (TPSA) is 106 Å². The zero-order valence-electron chi connectivity index (χ0n) is 15.4. The first-order valence-electron chi connectivity index (χ1n) is 8.70. The van der Waals surface area contributed by atoms with Gasteiger partial charge in [-0.1, -0.05) is 0 Å². The first kappa shape index (κ1) is 19.1. The van der Waals surface area contributed by atoms with Gasteiger partial charge in [0.2, 0.25) is 11.6 Å². The average molecular weight is 382 g/mol. The lowest BCUT2D eigenvalue weighted by Crippen LogP contribution is -2.32. The fourth-order valence-electron chi connectivity index (χ4n) is 2.60. The molecular weight excluding hydrogens is 364 g/mol. The van der Waals surface area contributed by atoms with Crippen molar-refractivity contribution in [1.29, 1.82) is 0 Å². The predicted octanol–water partition coefficient (Wildman–Crippen LogP) is 2.57.